The van der Waals surface area contributed by atoms with Gasteiger partial charge in [-0.05, 0) is 25.0 Å². The lowest BCUT2D eigenvalue weighted by Gasteiger charge is -2.30. The molecule has 1 aromatic carbocycles. The summed E-state index contributed by atoms with van der Waals surface area (Å²) in [5.74, 6) is 0. The van der Waals surface area contributed by atoms with Crippen LogP contribution in [0.5, 0.6) is 0 Å². The second-order valence-corrected chi connectivity index (χ2v) is 4.25. The van der Waals surface area contributed by atoms with Gasteiger partial charge in [-0.3, -0.25) is 0 Å². The van der Waals surface area contributed by atoms with Gasteiger partial charge in [0.15, 0.2) is 0 Å². The molecule has 0 unspecified atom stereocenters. The molecule has 0 saturated carbocycles. The number of benzene rings is 1. The molecule has 8 heteroatoms. The quantitative estimate of drug-likeness (QED) is 0.702. The molecule has 0 fully saturated rings. The zero-order valence-corrected chi connectivity index (χ0v) is 10.2. The van der Waals surface area contributed by atoms with Crippen molar-refractivity contribution in [3.63, 3.8) is 0 Å². The van der Waals surface area contributed by atoms with Crippen molar-refractivity contribution in [3.8, 4) is 6.07 Å². The molecule has 0 radical (unpaired) electrons. The van der Waals surface area contributed by atoms with Gasteiger partial charge in [0.1, 0.15) is 0 Å². The third-order valence-electron chi connectivity index (χ3n) is 2.82. The van der Waals surface area contributed by atoms with Gasteiger partial charge in [-0.15, -0.1) is 0 Å². The van der Waals surface area contributed by atoms with Crippen LogP contribution in [-0.2, 0) is 5.67 Å². The molecule has 0 aliphatic heterocycles. The standard InChI is InChI=1S/C12H8F7N/c1-6-3-8(4-7(2)9(6)5-20)10(13,11(14,15)16)12(17,18)19/h3-4H,1-2H3. The molecular formula is C12H8F7N. The molecule has 0 atom stereocenters. The number of rotatable bonds is 1. The van der Waals surface area contributed by atoms with Crippen molar-refractivity contribution in [1.29, 1.82) is 5.26 Å². The summed E-state index contributed by atoms with van der Waals surface area (Å²) in [7, 11) is 0. The molecule has 0 aliphatic rings. The summed E-state index contributed by atoms with van der Waals surface area (Å²) in [6.45, 7) is 2.28. The normalized spacial score (nSPS) is 13.2. The minimum absolute atomic E-state index is 0.0829. The zero-order chi connectivity index (χ0) is 15.9. The lowest BCUT2D eigenvalue weighted by Crippen LogP contribution is -2.50. The van der Waals surface area contributed by atoms with Gasteiger partial charge in [-0.1, -0.05) is 12.1 Å². The van der Waals surface area contributed by atoms with E-state index in [2.05, 4.69) is 0 Å². The van der Waals surface area contributed by atoms with Crippen LogP contribution < -0.4 is 0 Å². The maximum atomic E-state index is 13.8. The lowest BCUT2D eigenvalue weighted by molar-refractivity contribution is -0.348. The molecular weight excluding hydrogens is 291 g/mol. The maximum Gasteiger partial charge on any atom is 0.435 e. The van der Waals surface area contributed by atoms with Gasteiger partial charge in [0.25, 0.3) is 0 Å². The fraction of sp³-hybridized carbons (Fsp3) is 0.417. The van der Waals surface area contributed by atoms with Crippen LogP contribution in [0.1, 0.15) is 22.3 Å². The van der Waals surface area contributed by atoms with Gasteiger partial charge >= 0.3 is 18.0 Å². The number of aryl methyl sites for hydroxylation is 2. The van der Waals surface area contributed by atoms with E-state index in [1.54, 1.807) is 6.07 Å². The van der Waals surface area contributed by atoms with Gasteiger partial charge in [-0.2, -0.15) is 31.6 Å². The molecule has 0 amide bonds. The molecule has 0 bridgehead atoms. The fourth-order valence-electron chi connectivity index (χ4n) is 1.83. The molecule has 20 heavy (non-hydrogen) atoms. The van der Waals surface area contributed by atoms with E-state index in [-0.39, 0.29) is 16.7 Å². The number of hydrogen-bond acceptors (Lipinski definition) is 1. The Morgan fingerprint density at radius 1 is 0.850 bits per heavy atom. The first-order valence-corrected chi connectivity index (χ1v) is 5.20. The topological polar surface area (TPSA) is 23.8 Å². The SMILES string of the molecule is Cc1cc(C(F)(C(F)(F)F)C(F)(F)F)cc(C)c1C#N. The van der Waals surface area contributed by atoms with Crippen molar-refractivity contribution in [2.24, 2.45) is 0 Å². The van der Waals surface area contributed by atoms with E-state index in [9.17, 15) is 30.7 Å². The van der Waals surface area contributed by atoms with Crippen molar-refractivity contribution in [2.75, 3.05) is 0 Å². The van der Waals surface area contributed by atoms with Crippen LogP contribution in [-0.4, -0.2) is 12.4 Å². The smallest absolute Gasteiger partial charge is 0.218 e. The lowest BCUT2D eigenvalue weighted by atomic mass is 9.89. The Balaban J connectivity index is 3.67. The molecule has 1 aromatic rings. The summed E-state index contributed by atoms with van der Waals surface area (Å²) >= 11 is 0. The third kappa shape index (κ3) is 2.32. The summed E-state index contributed by atoms with van der Waals surface area (Å²) in [5, 5.41) is 8.72. The Bertz CT molecular complexity index is 526. The van der Waals surface area contributed by atoms with Gasteiger partial charge in [0.2, 0.25) is 0 Å². The monoisotopic (exact) mass is 299 g/mol. The Labute approximate surface area is 109 Å². The summed E-state index contributed by atoms with van der Waals surface area (Å²) in [6.07, 6.45) is -12.3. The van der Waals surface area contributed by atoms with Crippen molar-refractivity contribution < 1.29 is 30.7 Å². The highest BCUT2D eigenvalue weighted by molar-refractivity contribution is 5.47. The van der Waals surface area contributed by atoms with E-state index in [4.69, 9.17) is 5.26 Å². The van der Waals surface area contributed by atoms with E-state index >= 15 is 0 Å². The zero-order valence-electron chi connectivity index (χ0n) is 10.2. The van der Waals surface area contributed by atoms with Crippen molar-refractivity contribution >= 4 is 0 Å². The number of nitrogens with zero attached hydrogens (tertiary/aromatic N) is 1. The average Bonchev–Trinajstić information content (AvgIpc) is 2.24. The van der Waals surface area contributed by atoms with E-state index in [0.717, 1.165) is 13.8 Å². The van der Waals surface area contributed by atoms with Gasteiger partial charge in [0.05, 0.1) is 11.6 Å². The molecule has 0 heterocycles. The van der Waals surface area contributed by atoms with Crippen LogP contribution in [0.2, 0.25) is 0 Å². The molecule has 0 aliphatic carbocycles. The van der Waals surface area contributed by atoms with Crippen LogP contribution >= 0.6 is 0 Å². The second kappa shape index (κ2) is 4.65. The van der Waals surface area contributed by atoms with E-state index in [1.807, 2.05) is 0 Å². The Morgan fingerprint density at radius 2 is 1.20 bits per heavy atom. The largest absolute Gasteiger partial charge is 0.435 e. The van der Waals surface area contributed by atoms with E-state index < -0.39 is 23.6 Å². The van der Waals surface area contributed by atoms with Crippen LogP contribution in [0.15, 0.2) is 12.1 Å². The number of halogens is 7. The summed E-state index contributed by atoms with van der Waals surface area (Å²) < 4.78 is 89.2. The highest BCUT2D eigenvalue weighted by Gasteiger charge is 2.73. The highest BCUT2D eigenvalue weighted by atomic mass is 19.4. The summed E-state index contributed by atoms with van der Waals surface area (Å²) in [4.78, 5) is 0. The molecule has 1 rings (SSSR count). The van der Waals surface area contributed by atoms with Gasteiger partial charge in [0, 0.05) is 5.56 Å². The maximum absolute atomic E-state index is 13.8. The number of nitriles is 1. The molecule has 0 spiro atoms. The van der Waals surface area contributed by atoms with Gasteiger partial charge < -0.3 is 0 Å². The first kappa shape index (κ1) is 16.3. The second-order valence-electron chi connectivity index (χ2n) is 4.25. The van der Waals surface area contributed by atoms with Crippen molar-refractivity contribution in [2.45, 2.75) is 31.9 Å². The number of alkyl halides is 7. The Hall–Kier alpha value is -1.78. The van der Waals surface area contributed by atoms with Crippen LogP contribution in [0.25, 0.3) is 0 Å². The third-order valence-corrected chi connectivity index (χ3v) is 2.82. The minimum atomic E-state index is -6.15. The molecule has 0 saturated heterocycles. The van der Waals surface area contributed by atoms with E-state index in [0.29, 0.717) is 12.1 Å². The highest BCUT2D eigenvalue weighted by Crippen LogP contribution is 2.53. The van der Waals surface area contributed by atoms with Crippen LogP contribution in [0, 0.1) is 25.2 Å². The molecule has 0 N–H and O–H groups in total. The van der Waals surface area contributed by atoms with Crippen molar-refractivity contribution in [1.82, 2.24) is 0 Å². The predicted octanol–water partition coefficient (Wildman–Crippen LogP) is 4.46. The summed E-state index contributed by atoms with van der Waals surface area (Å²) in [6, 6.07) is 2.43. The molecule has 110 valence electrons. The first-order chi connectivity index (χ1) is 8.86. The number of hydrogen-bond donors (Lipinski definition) is 0. The Kier molecular flexibility index (Phi) is 3.78. The Morgan fingerprint density at radius 3 is 1.45 bits per heavy atom. The average molecular weight is 299 g/mol. The van der Waals surface area contributed by atoms with Crippen LogP contribution in [0.3, 0.4) is 0 Å². The van der Waals surface area contributed by atoms with Crippen molar-refractivity contribution in [3.05, 3.63) is 34.4 Å². The van der Waals surface area contributed by atoms with Gasteiger partial charge in [-0.25, -0.2) is 4.39 Å². The predicted molar refractivity (Wildman–Crippen MR) is 55.5 cm³/mol. The van der Waals surface area contributed by atoms with Crippen LogP contribution in [0.4, 0.5) is 30.7 Å². The summed E-state index contributed by atoms with van der Waals surface area (Å²) in [5.41, 5.74) is -7.44. The molecule has 0 aromatic heterocycles. The fourth-order valence-corrected chi connectivity index (χ4v) is 1.83. The molecule has 1 nitrogen and oxygen atoms in total. The minimum Gasteiger partial charge on any atom is -0.218 e. The first-order valence-electron chi connectivity index (χ1n) is 5.20. The van der Waals surface area contributed by atoms with E-state index in [1.165, 1.54) is 0 Å².